The van der Waals surface area contributed by atoms with Gasteiger partial charge in [-0.15, -0.1) is 0 Å². The Hall–Kier alpha value is -3.94. The molecule has 1 aromatic heterocycles. The largest absolute Gasteiger partial charge is 0.489 e. The fraction of sp³-hybridized carbons (Fsp3) is 0.174. The number of rotatable bonds is 7. The zero-order valence-electron chi connectivity index (χ0n) is 16.5. The van der Waals surface area contributed by atoms with Crippen LogP contribution < -0.4 is 15.4 Å². The molecule has 1 atom stereocenters. The Morgan fingerprint density at radius 3 is 2.65 bits per heavy atom. The number of nitrogen functional groups attached to an aromatic ring is 1. The minimum atomic E-state index is -1.17. The number of carboxylic acid groups (broad SMARTS) is 1. The third-order valence-electron chi connectivity index (χ3n) is 5.14. The van der Waals surface area contributed by atoms with E-state index in [-0.39, 0.29) is 30.7 Å². The molecule has 8 heteroatoms. The van der Waals surface area contributed by atoms with Gasteiger partial charge >= 0.3 is 5.97 Å². The Kier molecular flexibility index (Phi) is 5.53. The summed E-state index contributed by atoms with van der Waals surface area (Å²) in [5.41, 5.74) is 7.50. The zero-order valence-corrected chi connectivity index (χ0v) is 16.5. The molecule has 0 spiro atoms. The lowest BCUT2D eigenvalue weighted by molar-refractivity contribution is -0.145. The summed E-state index contributed by atoms with van der Waals surface area (Å²) in [4.78, 5) is 28.4. The first-order valence-corrected chi connectivity index (χ1v) is 9.67. The van der Waals surface area contributed by atoms with Gasteiger partial charge in [-0.25, -0.2) is 14.2 Å². The predicted molar refractivity (Wildman–Crippen MR) is 112 cm³/mol. The Morgan fingerprint density at radius 2 is 1.97 bits per heavy atom. The van der Waals surface area contributed by atoms with Crippen molar-refractivity contribution in [1.29, 1.82) is 0 Å². The summed E-state index contributed by atoms with van der Waals surface area (Å²) in [5, 5.41) is 9.31. The molecule has 1 aliphatic heterocycles. The Morgan fingerprint density at radius 1 is 1.19 bits per heavy atom. The molecule has 3 N–H and O–H groups in total. The number of halogens is 1. The van der Waals surface area contributed by atoms with Gasteiger partial charge < -0.3 is 15.6 Å². The standard InChI is InChI=1S/C23H20FN3O4/c24-22-16(10-15-8-9-26-20(25)11-15)19(31-13-14-4-2-1-3-5-14)7-6-17(22)27-18(23(29)30)12-21(27)28/h1-9,11,18H,10,12-13H2,(H2,25,26)(H,29,30). The van der Waals surface area contributed by atoms with E-state index >= 15 is 4.39 Å². The number of aromatic nitrogens is 1. The third-order valence-corrected chi connectivity index (χ3v) is 5.14. The molecule has 1 amide bonds. The van der Waals surface area contributed by atoms with Gasteiger partial charge in [0.1, 0.15) is 24.2 Å². The van der Waals surface area contributed by atoms with Gasteiger partial charge in [0.25, 0.3) is 0 Å². The SMILES string of the molecule is Nc1cc(Cc2c(OCc3ccccc3)ccc(N3C(=O)CC3C(=O)O)c2F)ccn1. The lowest BCUT2D eigenvalue weighted by atomic mass is 9.97. The van der Waals surface area contributed by atoms with Crippen molar-refractivity contribution in [3.63, 3.8) is 0 Å². The van der Waals surface area contributed by atoms with Crippen LogP contribution in [0.4, 0.5) is 15.9 Å². The second-order valence-corrected chi connectivity index (χ2v) is 7.24. The summed E-state index contributed by atoms with van der Waals surface area (Å²) >= 11 is 0. The minimum absolute atomic E-state index is 0.0762. The number of β-lactam (4-membered cyclic amide) rings is 1. The fourth-order valence-electron chi connectivity index (χ4n) is 3.54. The molecule has 2 aromatic carbocycles. The number of nitrogens with zero attached hydrogens (tertiary/aromatic N) is 2. The van der Waals surface area contributed by atoms with E-state index in [0.29, 0.717) is 17.1 Å². The quantitative estimate of drug-likeness (QED) is 0.568. The second kappa shape index (κ2) is 8.43. The summed E-state index contributed by atoms with van der Waals surface area (Å²) in [6.07, 6.45) is 1.50. The maximum absolute atomic E-state index is 15.6. The molecule has 1 fully saturated rings. The number of aliphatic carboxylic acids is 1. The minimum Gasteiger partial charge on any atom is -0.489 e. The van der Waals surface area contributed by atoms with Crippen LogP contribution in [-0.2, 0) is 22.6 Å². The van der Waals surface area contributed by atoms with Crippen LogP contribution in [0.2, 0.25) is 0 Å². The van der Waals surface area contributed by atoms with Crippen molar-refractivity contribution in [1.82, 2.24) is 4.98 Å². The molecule has 158 valence electrons. The van der Waals surface area contributed by atoms with E-state index in [4.69, 9.17) is 10.5 Å². The summed E-state index contributed by atoms with van der Waals surface area (Å²) in [6, 6.07) is 14.6. The lowest BCUT2D eigenvalue weighted by Gasteiger charge is -2.38. The fourth-order valence-corrected chi connectivity index (χ4v) is 3.54. The van der Waals surface area contributed by atoms with Gasteiger partial charge in [-0.05, 0) is 35.4 Å². The number of nitrogens with two attached hydrogens (primary N) is 1. The number of carbonyl (C=O) groups is 2. The molecular formula is C23H20FN3O4. The number of benzene rings is 2. The van der Waals surface area contributed by atoms with Crippen molar-refractivity contribution in [2.45, 2.75) is 25.5 Å². The third kappa shape index (κ3) is 4.18. The van der Waals surface area contributed by atoms with Gasteiger partial charge in [0.15, 0.2) is 5.82 Å². The highest BCUT2D eigenvalue weighted by Gasteiger charge is 2.44. The highest BCUT2D eigenvalue weighted by atomic mass is 19.1. The van der Waals surface area contributed by atoms with E-state index in [9.17, 15) is 14.7 Å². The molecule has 1 aliphatic rings. The first-order chi connectivity index (χ1) is 14.9. The van der Waals surface area contributed by atoms with Crippen LogP contribution in [0, 0.1) is 5.82 Å². The second-order valence-electron chi connectivity index (χ2n) is 7.24. The van der Waals surface area contributed by atoms with Gasteiger partial charge in [-0.1, -0.05) is 30.3 Å². The van der Waals surface area contributed by atoms with Crippen molar-refractivity contribution in [3.05, 3.63) is 83.3 Å². The van der Waals surface area contributed by atoms with Crippen molar-refractivity contribution in [2.75, 3.05) is 10.6 Å². The highest BCUT2D eigenvalue weighted by Crippen LogP contribution is 2.36. The van der Waals surface area contributed by atoms with Crippen molar-refractivity contribution < 1.29 is 23.8 Å². The van der Waals surface area contributed by atoms with E-state index in [1.165, 1.54) is 12.3 Å². The van der Waals surface area contributed by atoms with E-state index in [0.717, 1.165) is 10.5 Å². The lowest BCUT2D eigenvalue weighted by Crippen LogP contribution is -2.57. The summed E-state index contributed by atoms with van der Waals surface area (Å²) in [5.74, 6) is -1.71. The van der Waals surface area contributed by atoms with Gasteiger partial charge in [-0.3, -0.25) is 9.69 Å². The van der Waals surface area contributed by atoms with Crippen LogP contribution in [0.15, 0.2) is 60.8 Å². The smallest absolute Gasteiger partial charge is 0.327 e. The summed E-state index contributed by atoms with van der Waals surface area (Å²) < 4.78 is 21.5. The molecule has 31 heavy (non-hydrogen) atoms. The number of carboxylic acids is 1. The molecule has 3 aromatic rings. The number of anilines is 2. The van der Waals surface area contributed by atoms with Crippen LogP contribution in [0.1, 0.15) is 23.1 Å². The number of carbonyl (C=O) groups excluding carboxylic acids is 1. The molecule has 0 bridgehead atoms. The Balaban J connectivity index is 1.71. The normalized spacial score (nSPS) is 15.5. The van der Waals surface area contributed by atoms with Crippen molar-refractivity contribution in [2.24, 2.45) is 0 Å². The Bertz CT molecular complexity index is 1140. The molecule has 7 nitrogen and oxygen atoms in total. The molecular weight excluding hydrogens is 401 g/mol. The molecule has 0 aliphatic carbocycles. The number of amides is 1. The molecule has 1 saturated heterocycles. The van der Waals surface area contributed by atoms with Gasteiger partial charge in [0.2, 0.25) is 5.91 Å². The van der Waals surface area contributed by atoms with Crippen LogP contribution >= 0.6 is 0 Å². The maximum Gasteiger partial charge on any atom is 0.327 e. The van der Waals surface area contributed by atoms with E-state index < -0.39 is 23.7 Å². The zero-order chi connectivity index (χ0) is 22.0. The molecule has 2 heterocycles. The van der Waals surface area contributed by atoms with E-state index in [1.807, 2.05) is 30.3 Å². The average Bonchev–Trinajstić information content (AvgIpc) is 2.74. The van der Waals surface area contributed by atoms with Crippen molar-refractivity contribution >= 4 is 23.4 Å². The molecule has 0 radical (unpaired) electrons. The predicted octanol–water partition coefficient (Wildman–Crippen LogP) is 3.16. The van der Waals surface area contributed by atoms with E-state index in [2.05, 4.69) is 4.98 Å². The van der Waals surface area contributed by atoms with Gasteiger partial charge in [0, 0.05) is 18.2 Å². The van der Waals surface area contributed by atoms with Crippen LogP contribution in [-0.4, -0.2) is 28.0 Å². The summed E-state index contributed by atoms with van der Waals surface area (Å²) in [6.45, 7) is 0.228. The number of pyridine rings is 1. The monoisotopic (exact) mass is 421 g/mol. The summed E-state index contributed by atoms with van der Waals surface area (Å²) in [7, 11) is 0. The maximum atomic E-state index is 15.6. The molecule has 4 rings (SSSR count). The number of ether oxygens (including phenoxy) is 1. The topological polar surface area (TPSA) is 106 Å². The van der Waals surface area contributed by atoms with Crippen LogP contribution in [0.3, 0.4) is 0 Å². The number of hydrogen-bond acceptors (Lipinski definition) is 5. The average molecular weight is 421 g/mol. The van der Waals surface area contributed by atoms with Crippen molar-refractivity contribution in [3.8, 4) is 5.75 Å². The van der Waals surface area contributed by atoms with E-state index in [1.54, 1.807) is 18.2 Å². The van der Waals surface area contributed by atoms with Gasteiger partial charge in [0.05, 0.1) is 12.1 Å². The first kappa shape index (κ1) is 20.3. The van der Waals surface area contributed by atoms with Crippen LogP contribution in [0.25, 0.3) is 0 Å². The molecule has 1 unspecified atom stereocenters. The van der Waals surface area contributed by atoms with Crippen LogP contribution in [0.5, 0.6) is 5.75 Å². The Labute approximate surface area is 177 Å². The number of hydrogen-bond donors (Lipinski definition) is 2. The van der Waals surface area contributed by atoms with Gasteiger partial charge in [-0.2, -0.15) is 0 Å². The molecule has 0 saturated carbocycles. The first-order valence-electron chi connectivity index (χ1n) is 9.67. The highest BCUT2D eigenvalue weighted by molar-refractivity contribution is 6.08.